The fourth-order valence-electron chi connectivity index (χ4n) is 3.02. The highest BCUT2D eigenvalue weighted by Gasteiger charge is 2.19. The summed E-state index contributed by atoms with van der Waals surface area (Å²) in [6.07, 6.45) is 4.38. The van der Waals surface area contributed by atoms with Crippen molar-refractivity contribution in [2.45, 2.75) is 6.42 Å². The standard InChI is InChI=1S/C16H18N6/c1-2-5-13(6-3-1)21-7-4-8-22(10-9-21)16-14-15(18-11-17-14)19-12-20-16/h1-3,5-6,11-12H,4,7-10H2,(H,17,18,19,20). The van der Waals surface area contributed by atoms with Crippen LogP contribution in [0.2, 0.25) is 0 Å². The van der Waals surface area contributed by atoms with Crippen LogP contribution in [-0.4, -0.2) is 46.1 Å². The molecule has 0 saturated carbocycles. The Morgan fingerprint density at radius 2 is 1.68 bits per heavy atom. The summed E-state index contributed by atoms with van der Waals surface area (Å²) in [6.45, 7) is 4.00. The van der Waals surface area contributed by atoms with E-state index in [9.17, 15) is 0 Å². The van der Waals surface area contributed by atoms with Gasteiger partial charge in [-0.25, -0.2) is 15.0 Å². The van der Waals surface area contributed by atoms with E-state index in [1.54, 1.807) is 12.7 Å². The molecule has 0 spiro atoms. The lowest BCUT2D eigenvalue weighted by Crippen LogP contribution is -2.31. The second-order valence-corrected chi connectivity index (χ2v) is 5.46. The molecule has 1 fully saturated rings. The van der Waals surface area contributed by atoms with Crippen molar-refractivity contribution in [1.29, 1.82) is 0 Å². The van der Waals surface area contributed by atoms with Gasteiger partial charge in [-0.3, -0.25) is 0 Å². The number of imidazole rings is 1. The molecule has 1 aliphatic heterocycles. The topological polar surface area (TPSA) is 60.9 Å². The highest BCUT2D eigenvalue weighted by Crippen LogP contribution is 2.22. The van der Waals surface area contributed by atoms with Crippen LogP contribution in [0.1, 0.15) is 6.42 Å². The first-order valence-corrected chi connectivity index (χ1v) is 7.61. The van der Waals surface area contributed by atoms with Crippen molar-refractivity contribution in [3.63, 3.8) is 0 Å². The number of hydrogen-bond donors (Lipinski definition) is 1. The highest BCUT2D eigenvalue weighted by molar-refractivity contribution is 5.82. The number of hydrogen-bond acceptors (Lipinski definition) is 5. The Balaban J connectivity index is 1.57. The molecule has 4 rings (SSSR count). The van der Waals surface area contributed by atoms with Gasteiger partial charge in [0, 0.05) is 31.9 Å². The minimum atomic E-state index is 0.731. The van der Waals surface area contributed by atoms with Crippen LogP contribution in [0.3, 0.4) is 0 Å². The average molecular weight is 294 g/mol. The molecule has 6 nitrogen and oxygen atoms in total. The molecule has 0 aliphatic carbocycles. The Kier molecular flexibility index (Phi) is 3.34. The quantitative estimate of drug-likeness (QED) is 0.784. The first kappa shape index (κ1) is 13.1. The van der Waals surface area contributed by atoms with Gasteiger partial charge in [0.25, 0.3) is 0 Å². The number of nitrogens with zero attached hydrogens (tertiary/aromatic N) is 5. The largest absolute Gasteiger partial charge is 0.370 e. The van der Waals surface area contributed by atoms with Crippen molar-refractivity contribution >= 4 is 22.7 Å². The number of aromatic nitrogens is 4. The summed E-state index contributed by atoms with van der Waals surface area (Å²) < 4.78 is 0. The fraction of sp³-hybridized carbons (Fsp3) is 0.312. The fourth-order valence-corrected chi connectivity index (χ4v) is 3.02. The van der Waals surface area contributed by atoms with E-state index < -0.39 is 0 Å². The van der Waals surface area contributed by atoms with Crippen molar-refractivity contribution in [3.05, 3.63) is 43.0 Å². The molecule has 0 atom stereocenters. The van der Waals surface area contributed by atoms with Crippen LogP contribution in [0.5, 0.6) is 0 Å². The van der Waals surface area contributed by atoms with E-state index in [1.165, 1.54) is 5.69 Å². The normalized spacial score (nSPS) is 16.0. The highest BCUT2D eigenvalue weighted by atomic mass is 15.3. The third kappa shape index (κ3) is 2.36. The van der Waals surface area contributed by atoms with Crippen LogP contribution in [0, 0.1) is 0 Å². The minimum absolute atomic E-state index is 0.731. The number of H-pyrrole nitrogens is 1. The summed E-state index contributed by atoms with van der Waals surface area (Å²) in [7, 11) is 0. The van der Waals surface area contributed by atoms with Gasteiger partial charge < -0.3 is 14.8 Å². The maximum atomic E-state index is 4.47. The van der Waals surface area contributed by atoms with Crippen LogP contribution >= 0.6 is 0 Å². The Morgan fingerprint density at radius 1 is 0.864 bits per heavy atom. The predicted molar refractivity (Wildman–Crippen MR) is 87.2 cm³/mol. The zero-order valence-corrected chi connectivity index (χ0v) is 12.3. The van der Waals surface area contributed by atoms with Gasteiger partial charge >= 0.3 is 0 Å². The van der Waals surface area contributed by atoms with E-state index in [4.69, 9.17) is 0 Å². The van der Waals surface area contributed by atoms with Crippen molar-refractivity contribution in [2.75, 3.05) is 36.0 Å². The number of rotatable bonds is 2. The van der Waals surface area contributed by atoms with Crippen LogP contribution in [-0.2, 0) is 0 Å². The Labute approximate surface area is 128 Å². The van der Waals surface area contributed by atoms with E-state index in [1.807, 2.05) is 0 Å². The molecule has 1 aliphatic rings. The molecular weight excluding hydrogens is 276 g/mol. The van der Waals surface area contributed by atoms with Gasteiger partial charge in [0.15, 0.2) is 11.5 Å². The third-order valence-corrected chi connectivity index (χ3v) is 4.12. The molecule has 1 saturated heterocycles. The molecule has 0 amide bonds. The maximum absolute atomic E-state index is 4.47. The molecule has 0 radical (unpaired) electrons. The average Bonchev–Trinajstić information content (AvgIpc) is 2.92. The van der Waals surface area contributed by atoms with Gasteiger partial charge in [-0.1, -0.05) is 18.2 Å². The SMILES string of the molecule is c1ccc(N2CCCN(c3ncnc4nc[nH]c34)CC2)cc1. The Bertz CT molecular complexity index is 753. The molecule has 1 aromatic carbocycles. The number of aromatic amines is 1. The lowest BCUT2D eigenvalue weighted by atomic mass is 10.3. The van der Waals surface area contributed by atoms with E-state index in [2.05, 4.69) is 60.1 Å². The molecule has 6 heteroatoms. The maximum Gasteiger partial charge on any atom is 0.182 e. The molecule has 3 aromatic rings. The summed E-state index contributed by atoms with van der Waals surface area (Å²) in [5.74, 6) is 0.956. The summed E-state index contributed by atoms with van der Waals surface area (Å²) in [5.41, 5.74) is 2.95. The van der Waals surface area contributed by atoms with Gasteiger partial charge in [0.1, 0.15) is 11.8 Å². The van der Waals surface area contributed by atoms with Crippen molar-refractivity contribution in [3.8, 4) is 0 Å². The summed E-state index contributed by atoms with van der Waals surface area (Å²) in [6, 6.07) is 10.6. The van der Waals surface area contributed by atoms with Gasteiger partial charge in [-0.15, -0.1) is 0 Å². The molecule has 22 heavy (non-hydrogen) atoms. The van der Waals surface area contributed by atoms with E-state index >= 15 is 0 Å². The first-order valence-electron chi connectivity index (χ1n) is 7.61. The van der Waals surface area contributed by atoms with Crippen molar-refractivity contribution < 1.29 is 0 Å². The zero-order valence-electron chi connectivity index (χ0n) is 12.3. The lowest BCUT2D eigenvalue weighted by Gasteiger charge is -2.24. The molecule has 112 valence electrons. The van der Waals surface area contributed by atoms with Crippen LogP contribution in [0.15, 0.2) is 43.0 Å². The van der Waals surface area contributed by atoms with Gasteiger partial charge in [0.2, 0.25) is 0 Å². The Morgan fingerprint density at radius 3 is 2.59 bits per heavy atom. The second-order valence-electron chi connectivity index (χ2n) is 5.46. The zero-order chi connectivity index (χ0) is 14.8. The lowest BCUT2D eigenvalue weighted by molar-refractivity contribution is 0.798. The van der Waals surface area contributed by atoms with Gasteiger partial charge in [-0.2, -0.15) is 0 Å². The van der Waals surface area contributed by atoms with Crippen LogP contribution in [0.25, 0.3) is 11.2 Å². The molecule has 1 N–H and O–H groups in total. The smallest absolute Gasteiger partial charge is 0.182 e. The minimum Gasteiger partial charge on any atom is -0.370 e. The molecule has 0 bridgehead atoms. The van der Waals surface area contributed by atoms with E-state index in [0.717, 1.165) is 49.6 Å². The summed E-state index contributed by atoms with van der Waals surface area (Å²) in [5, 5.41) is 0. The number of anilines is 2. The third-order valence-electron chi connectivity index (χ3n) is 4.12. The van der Waals surface area contributed by atoms with E-state index in [0.29, 0.717) is 0 Å². The number of nitrogens with one attached hydrogen (secondary N) is 1. The van der Waals surface area contributed by atoms with Crippen LogP contribution < -0.4 is 9.80 Å². The van der Waals surface area contributed by atoms with Crippen LogP contribution in [0.4, 0.5) is 11.5 Å². The molecule has 2 aromatic heterocycles. The second kappa shape index (κ2) is 5.63. The monoisotopic (exact) mass is 294 g/mol. The molecule has 3 heterocycles. The Hall–Kier alpha value is -2.63. The van der Waals surface area contributed by atoms with Gasteiger partial charge in [0.05, 0.1) is 6.33 Å². The summed E-state index contributed by atoms with van der Waals surface area (Å²) in [4.78, 5) is 20.8. The van der Waals surface area contributed by atoms with Gasteiger partial charge in [-0.05, 0) is 18.6 Å². The predicted octanol–water partition coefficient (Wildman–Crippen LogP) is 2.07. The molecule has 0 unspecified atom stereocenters. The first-order chi connectivity index (χ1) is 10.9. The van der Waals surface area contributed by atoms with Crippen molar-refractivity contribution in [1.82, 2.24) is 19.9 Å². The number of benzene rings is 1. The summed E-state index contributed by atoms with van der Waals surface area (Å²) >= 11 is 0. The number of fused-ring (bicyclic) bond motifs is 1. The van der Waals surface area contributed by atoms with Crippen molar-refractivity contribution in [2.24, 2.45) is 0 Å². The number of para-hydroxylation sites is 1. The van der Waals surface area contributed by atoms with E-state index in [-0.39, 0.29) is 0 Å². The molecular formula is C16H18N6.